The van der Waals surface area contributed by atoms with Crippen LogP contribution < -0.4 is 5.32 Å². The van der Waals surface area contributed by atoms with Gasteiger partial charge in [0.2, 0.25) is 0 Å². The summed E-state index contributed by atoms with van der Waals surface area (Å²) in [6, 6.07) is 0.460. The van der Waals surface area contributed by atoms with Crippen molar-refractivity contribution >= 4 is 5.97 Å². The van der Waals surface area contributed by atoms with Gasteiger partial charge in [0.05, 0.1) is 18.6 Å². The van der Waals surface area contributed by atoms with E-state index >= 15 is 0 Å². The fourth-order valence-electron chi connectivity index (χ4n) is 3.02. The summed E-state index contributed by atoms with van der Waals surface area (Å²) in [7, 11) is 1.70. The molecule has 2 aliphatic rings. The standard InChI is InChI=1S/C13H24N2O3/c1-10(11-3-4-11)15(5-6-18-2)13(7-12(16)17)8-14-9-13/h10-11,14H,3-9H2,1-2H3,(H,16,17). The van der Waals surface area contributed by atoms with Crippen LogP contribution in [0.1, 0.15) is 26.2 Å². The lowest BCUT2D eigenvalue weighted by Crippen LogP contribution is -2.71. The first-order valence-corrected chi connectivity index (χ1v) is 6.77. The first kappa shape index (κ1) is 13.8. The summed E-state index contributed by atoms with van der Waals surface area (Å²) < 4.78 is 5.18. The van der Waals surface area contributed by atoms with Gasteiger partial charge in [0.15, 0.2) is 0 Å². The van der Waals surface area contributed by atoms with Gasteiger partial charge in [0, 0.05) is 32.8 Å². The van der Waals surface area contributed by atoms with E-state index in [0.29, 0.717) is 12.6 Å². The van der Waals surface area contributed by atoms with Crippen LogP contribution in [-0.2, 0) is 9.53 Å². The normalized spacial score (nSPS) is 23.7. The molecule has 1 atom stereocenters. The molecule has 2 rings (SSSR count). The summed E-state index contributed by atoms with van der Waals surface area (Å²) in [5.74, 6) is 0.0371. The minimum absolute atomic E-state index is 0.202. The number of carbonyl (C=O) groups is 1. The lowest BCUT2D eigenvalue weighted by Gasteiger charge is -2.52. The van der Waals surface area contributed by atoms with Crippen molar-refractivity contribution in [1.82, 2.24) is 10.2 Å². The molecule has 18 heavy (non-hydrogen) atoms. The van der Waals surface area contributed by atoms with Crippen LogP contribution in [0.5, 0.6) is 0 Å². The number of ether oxygens (including phenoxy) is 1. The molecule has 1 heterocycles. The van der Waals surface area contributed by atoms with Crippen molar-refractivity contribution in [2.45, 2.75) is 37.8 Å². The van der Waals surface area contributed by atoms with Gasteiger partial charge in [-0.2, -0.15) is 0 Å². The first-order chi connectivity index (χ1) is 8.59. The Balaban J connectivity index is 2.06. The van der Waals surface area contributed by atoms with Crippen LogP contribution >= 0.6 is 0 Å². The van der Waals surface area contributed by atoms with Crippen LogP contribution in [0.2, 0.25) is 0 Å². The third-order valence-electron chi connectivity index (χ3n) is 4.33. The van der Waals surface area contributed by atoms with E-state index < -0.39 is 5.97 Å². The Morgan fingerprint density at radius 2 is 2.22 bits per heavy atom. The summed E-state index contributed by atoms with van der Waals surface area (Å²) in [6.07, 6.45) is 2.78. The number of aliphatic carboxylic acids is 1. The van der Waals surface area contributed by atoms with Crippen molar-refractivity contribution in [2.75, 3.05) is 33.4 Å². The number of nitrogens with one attached hydrogen (secondary N) is 1. The Morgan fingerprint density at radius 3 is 2.61 bits per heavy atom. The number of methoxy groups -OCH3 is 1. The summed E-state index contributed by atoms with van der Waals surface area (Å²) in [5, 5.41) is 12.4. The zero-order chi connectivity index (χ0) is 13.2. The van der Waals surface area contributed by atoms with Crippen LogP contribution in [0.15, 0.2) is 0 Å². The Bertz CT molecular complexity index is 301. The van der Waals surface area contributed by atoms with Gasteiger partial charge >= 0.3 is 5.97 Å². The van der Waals surface area contributed by atoms with Crippen molar-refractivity contribution in [1.29, 1.82) is 0 Å². The molecule has 2 N–H and O–H groups in total. The van der Waals surface area contributed by atoms with Crippen molar-refractivity contribution in [2.24, 2.45) is 5.92 Å². The Morgan fingerprint density at radius 1 is 1.56 bits per heavy atom. The minimum Gasteiger partial charge on any atom is -0.481 e. The number of hydrogen-bond donors (Lipinski definition) is 2. The number of rotatable bonds is 8. The highest BCUT2D eigenvalue weighted by atomic mass is 16.5. The predicted octanol–water partition coefficient (Wildman–Crippen LogP) is 0.550. The molecule has 1 aliphatic carbocycles. The molecule has 0 aromatic heterocycles. The van der Waals surface area contributed by atoms with Gasteiger partial charge < -0.3 is 15.2 Å². The van der Waals surface area contributed by atoms with E-state index in [4.69, 9.17) is 9.84 Å². The largest absolute Gasteiger partial charge is 0.481 e. The van der Waals surface area contributed by atoms with Crippen LogP contribution in [0.3, 0.4) is 0 Å². The van der Waals surface area contributed by atoms with E-state index in [0.717, 1.165) is 25.6 Å². The van der Waals surface area contributed by atoms with Gasteiger partial charge in [-0.3, -0.25) is 9.69 Å². The van der Waals surface area contributed by atoms with E-state index in [1.165, 1.54) is 12.8 Å². The van der Waals surface area contributed by atoms with Gasteiger partial charge in [0.25, 0.3) is 0 Å². The molecule has 2 fully saturated rings. The molecule has 0 radical (unpaired) electrons. The van der Waals surface area contributed by atoms with E-state index in [1.807, 2.05) is 0 Å². The van der Waals surface area contributed by atoms with Crippen LogP contribution in [0, 0.1) is 5.92 Å². The first-order valence-electron chi connectivity index (χ1n) is 6.77. The molecule has 1 saturated heterocycles. The zero-order valence-corrected chi connectivity index (χ0v) is 11.3. The zero-order valence-electron chi connectivity index (χ0n) is 11.3. The Kier molecular flexibility index (Phi) is 4.25. The smallest absolute Gasteiger partial charge is 0.305 e. The highest BCUT2D eigenvalue weighted by molar-refractivity contribution is 5.69. The number of hydrogen-bond acceptors (Lipinski definition) is 4. The maximum atomic E-state index is 11.1. The van der Waals surface area contributed by atoms with Crippen LogP contribution in [-0.4, -0.2) is 60.9 Å². The van der Waals surface area contributed by atoms with E-state index in [9.17, 15) is 4.79 Å². The number of nitrogens with zero attached hydrogens (tertiary/aromatic N) is 1. The molecule has 104 valence electrons. The third-order valence-corrected chi connectivity index (χ3v) is 4.33. The minimum atomic E-state index is -0.707. The summed E-state index contributed by atoms with van der Waals surface area (Å²) in [5.41, 5.74) is -0.202. The molecule has 0 spiro atoms. The molecule has 0 aromatic carbocycles. The second kappa shape index (κ2) is 5.55. The van der Waals surface area contributed by atoms with E-state index in [-0.39, 0.29) is 12.0 Å². The third kappa shape index (κ3) is 2.84. The molecule has 1 saturated carbocycles. The SMILES string of the molecule is COCCN(C(C)C1CC1)C1(CC(=O)O)CNC1. The molecule has 5 heteroatoms. The fraction of sp³-hybridized carbons (Fsp3) is 0.923. The Hall–Kier alpha value is -0.650. The highest BCUT2D eigenvalue weighted by Gasteiger charge is 2.48. The van der Waals surface area contributed by atoms with E-state index in [2.05, 4.69) is 17.1 Å². The predicted molar refractivity (Wildman–Crippen MR) is 68.6 cm³/mol. The summed E-state index contributed by atoms with van der Waals surface area (Å²) in [4.78, 5) is 13.5. The quantitative estimate of drug-likeness (QED) is 0.664. The molecular weight excluding hydrogens is 232 g/mol. The fourth-order valence-corrected chi connectivity index (χ4v) is 3.02. The van der Waals surface area contributed by atoms with Gasteiger partial charge in [-0.25, -0.2) is 0 Å². The topological polar surface area (TPSA) is 61.8 Å². The monoisotopic (exact) mass is 256 g/mol. The number of carboxylic acids is 1. The number of carboxylic acid groups (broad SMARTS) is 1. The van der Waals surface area contributed by atoms with Crippen molar-refractivity contribution in [3.05, 3.63) is 0 Å². The second-order valence-corrected chi connectivity index (χ2v) is 5.66. The second-order valence-electron chi connectivity index (χ2n) is 5.66. The van der Waals surface area contributed by atoms with Crippen molar-refractivity contribution in [3.8, 4) is 0 Å². The summed E-state index contributed by atoms with van der Waals surface area (Å²) in [6.45, 7) is 5.27. The summed E-state index contributed by atoms with van der Waals surface area (Å²) >= 11 is 0. The van der Waals surface area contributed by atoms with Crippen molar-refractivity contribution < 1.29 is 14.6 Å². The maximum Gasteiger partial charge on any atom is 0.305 e. The van der Waals surface area contributed by atoms with Gasteiger partial charge in [0.1, 0.15) is 0 Å². The lowest BCUT2D eigenvalue weighted by molar-refractivity contribution is -0.143. The molecule has 0 bridgehead atoms. The van der Waals surface area contributed by atoms with Gasteiger partial charge in [-0.15, -0.1) is 0 Å². The maximum absolute atomic E-state index is 11.1. The Labute approximate surface area is 108 Å². The lowest BCUT2D eigenvalue weighted by atomic mass is 9.84. The molecule has 5 nitrogen and oxygen atoms in total. The average molecular weight is 256 g/mol. The molecule has 1 unspecified atom stereocenters. The van der Waals surface area contributed by atoms with Gasteiger partial charge in [-0.1, -0.05) is 0 Å². The average Bonchev–Trinajstić information content (AvgIpc) is 3.08. The molecular formula is C13H24N2O3. The van der Waals surface area contributed by atoms with E-state index in [1.54, 1.807) is 7.11 Å². The van der Waals surface area contributed by atoms with Gasteiger partial charge in [-0.05, 0) is 25.7 Å². The molecule has 0 aromatic rings. The van der Waals surface area contributed by atoms with Crippen molar-refractivity contribution in [3.63, 3.8) is 0 Å². The highest BCUT2D eigenvalue weighted by Crippen LogP contribution is 2.39. The van der Waals surface area contributed by atoms with Crippen LogP contribution in [0.25, 0.3) is 0 Å². The molecule has 0 amide bonds. The van der Waals surface area contributed by atoms with Crippen LogP contribution in [0.4, 0.5) is 0 Å². The molecule has 1 aliphatic heterocycles.